The number of carbonyl (C=O) groups is 2. The fraction of sp³-hybridized carbons (Fsp3) is 0.750. The van der Waals surface area contributed by atoms with Crippen LogP contribution in [0.1, 0.15) is 33.6 Å². The summed E-state index contributed by atoms with van der Waals surface area (Å²) < 4.78 is 0. The van der Waals surface area contributed by atoms with Crippen LogP contribution in [0.3, 0.4) is 0 Å². The maximum atomic E-state index is 11.5. The molecular formula is C12H21N3O2. The van der Waals surface area contributed by atoms with Gasteiger partial charge in [-0.15, -0.1) is 0 Å². The molecule has 0 spiro atoms. The van der Waals surface area contributed by atoms with Gasteiger partial charge < -0.3 is 20.8 Å². The number of aldehydes is 1. The predicted molar refractivity (Wildman–Crippen MR) is 66.3 cm³/mol. The van der Waals surface area contributed by atoms with E-state index in [0.29, 0.717) is 11.6 Å². The molecule has 5 heteroatoms. The lowest BCUT2D eigenvalue weighted by Gasteiger charge is -2.26. The maximum absolute atomic E-state index is 11.5. The number of carbonyl (C=O) groups excluding carboxylic acids is 2. The van der Waals surface area contributed by atoms with Crippen molar-refractivity contribution in [2.24, 2.45) is 11.3 Å². The fourth-order valence-electron chi connectivity index (χ4n) is 1.40. The molecule has 0 aromatic carbocycles. The third-order valence-electron chi connectivity index (χ3n) is 2.87. The van der Waals surface area contributed by atoms with Gasteiger partial charge in [-0.2, -0.15) is 0 Å². The van der Waals surface area contributed by atoms with Crippen molar-refractivity contribution in [2.45, 2.75) is 39.7 Å². The molecule has 17 heavy (non-hydrogen) atoms. The SMILES string of the molecule is CC(C)(C)C(C=O)NC(=O)NCC(=N)C1CC1. The third-order valence-corrected chi connectivity index (χ3v) is 2.87. The Morgan fingerprint density at radius 2 is 2.06 bits per heavy atom. The Bertz CT molecular complexity index is 316. The van der Waals surface area contributed by atoms with E-state index in [2.05, 4.69) is 10.6 Å². The normalized spacial score (nSPS) is 17.1. The lowest BCUT2D eigenvalue weighted by molar-refractivity contribution is -0.111. The molecular weight excluding hydrogens is 218 g/mol. The van der Waals surface area contributed by atoms with Crippen molar-refractivity contribution in [1.82, 2.24) is 10.6 Å². The average Bonchev–Trinajstić information content (AvgIpc) is 3.04. The molecule has 0 bridgehead atoms. The summed E-state index contributed by atoms with van der Waals surface area (Å²) >= 11 is 0. The summed E-state index contributed by atoms with van der Waals surface area (Å²) in [6.07, 6.45) is 2.86. The molecule has 0 aliphatic heterocycles. The standard InChI is InChI=1S/C12H21N3O2/c1-12(2,3)10(7-16)15-11(17)14-6-9(13)8-4-5-8/h7-8,10,13H,4-6H2,1-3H3,(H2,14,15,17). The van der Waals surface area contributed by atoms with Gasteiger partial charge in [0.15, 0.2) is 0 Å². The highest BCUT2D eigenvalue weighted by atomic mass is 16.2. The summed E-state index contributed by atoms with van der Waals surface area (Å²) in [5, 5.41) is 12.9. The van der Waals surface area contributed by atoms with E-state index in [9.17, 15) is 9.59 Å². The molecule has 1 aliphatic carbocycles. The van der Waals surface area contributed by atoms with E-state index in [-0.39, 0.29) is 18.0 Å². The molecule has 5 nitrogen and oxygen atoms in total. The van der Waals surface area contributed by atoms with Gasteiger partial charge in [0.05, 0.1) is 12.6 Å². The van der Waals surface area contributed by atoms with Gasteiger partial charge >= 0.3 is 6.03 Å². The highest BCUT2D eigenvalue weighted by Crippen LogP contribution is 2.29. The Balaban J connectivity index is 2.32. The third kappa shape index (κ3) is 4.54. The molecule has 3 N–H and O–H groups in total. The van der Waals surface area contributed by atoms with Crippen LogP contribution in [-0.4, -0.2) is 30.6 Å². The molecule has 1 rings (SSSR count). The number of nitrogens with one attached hydrogen (secondary N) is 3. The van der Waals surface area contributed by atoms with Gasteiger partial charge in [-0.1, -0.05) is 20.8 Å². The van der Waals surface area contributed by atoms with Crippen molar-refractivity contribution < 1.29 is 9.59 Å². The summed E-state index contributed by atoms with van der Waals surface area (Å²) in [5.41, 5.74) is 0.266. The number of hydrogen-bond donors (Lipinski definition) is 3. The van der Waals surface area contributed by atoms with Gasteiger partial charge in [-0.05, 0) is 24.2 Å². The van der Waals surface area contributed by atoms with Crippen LogP contribution >= 0.6 is 0 Å². The van der Waals surface area contributed by atoms with Gasteiger partial charge in [0.1, 0.15) is 6.29 Å². The van der Waals surface area contributed by atoms with Crippen LogP contribution in [0, 0.1) is 16.7 Å². The summed E-state index contributed by atoms with van der Waals surface area (Å²) in [5.74, 6) is 0.361. The van der Waals surface area contributed by atoms with Crippen LogP contribution in [-0.2, 0) is 4.79 Å². The molecule has 0 aromatic heterocycles. The molecule has 2 amide bonds. The van der Waals surface area contributed by atoms with Crippen molar-refractivity contribution in [3.05, 3.63) is 0 Å². The lowest BCUT2D eigenvalue weighted by Crippen LogP contribution is -2.49. The van der Waals surface area contributed by atoms with Crippen LogP contribution in [0.25, 0.3) is 0 Å². The number of amides is 2. The second-order valence-corrected chi connectivity index (χ2v) is 5.61. The van der Waals surface area contributed by atoms with Crippen LogP contribution in [0.5, 0.6) is 0 Å². The minimum atomic E-state index is -0.516. The highest BCUT2D eigenvalue weighted by Gasteiger charge is 2.28. The van der Waals surface area contributed by atoms with Gasteiger partial charge in [0.25, 0.3) is 0 Å². The van der Waals surface area contributed by atoms with Crippen LogP contribution in [0.4, 0.5) is 4.79 Å². The quantitative estimate of drug-likeness (QED) is 0.499. The summed E-state index contributed by atoms with van der Waals surface area (Å²) in [6.45, 7) is 5.93. The van der Waals surface area contributed by atoms with Crippen molar-refractivity contribution in [3.8, 4) is 0 Å². The first-order chi connectivity index (χ1) is 7.84. The molecule has 1 saturated carbocycles. The first-order valence-corrected chi connectivity index (χ1v) is 5.91. The number of urea groups is 1. The van der Waals surface area contributed by atoms with Crippen LogP contribution in [0.2, 0.25) is 0 Å². The van der Waals surface area contributed by atoms with E-state index in [1.165, 1.54) is 0 Å². The van der Waals surface area contributed by atoms with E-state index < -0.39 is 6.04 Å². The Hall–Kier alpha value is -1.39. The van der Waals surface area contributed by atoms with Crippen LogP contribution in [0.15, 0.2) is 0 Å². The van der Waals surface area contributed by atoms with Gasteiger partial charge in [-0.3, -0.25) is 0 Å². The van der Waals surface area contributed by atoms with Crippen molar-refractivity contribution in [2.75, 3.05) is 6.54 Å². The molecule has 0 saturated heterocycles. The maximum Gasteiger partial charge on any atom is 0.315 e. The zero-order chi connectivity index (χ0) is 13.1. The largest absolute Gasteiger partial charge is 0.333 e. The summed E-state index contributed by atoms with van der Waals surface area (Å²) in [7, 11) is 0. The Labute approximate surface area is 102 Å². The monoisotopic (exact) mass is 239 g/mol. The second-order valence-electron chi connectivity index (χ2n) is 5.61. The van der Waals surface area contributed by atoms with Gasteiger partial charge in [0.2, 0.25) is 0 Å². The predicted octanol–water partition coefficient (Wildman–Crippen LogP) is 1.33. The zero-order valence-electron chi connectivity index (χ0n) is 10.7. The molecule has 96 valence electrons. The number of rotatable bonds is 5. The highest BCUT2D eigenvalue weighted by molar-refractivity contribution is 5.91. The lowest BCUT2D eigenvalue weighted by atomic mass is 9.88. The van der Waals surface area contributed by atoms with E-state index in [1.807, 2.05) is 20.8 Å². The Morgan fingerprint density at radius 1 is 1.47 bits per heavy atom. The average molecular weight is 239 g/mol. The molecule has 1 unspecified atom stereocenters. The van der Waals surface area contributed by atoms with Crippen molar-refractivity contribution in [1.29, 1.82) is 5.41 Å². The zero-order valence-corrected chi connectivity index (χ0v) is 10.7. The topological polar surface area (TPSA) is 82.1 Å². The fourth-order valence-corrected chi connectivity index (χ4v) is 1.40. The first-order valence-electron chi connectivity index (χ1n) is 5.91. The van der Waals surface area contributed by atoms with Gasteiger partial charge in [-0.25, -0.2) is 4.79 Å². The Morgan fingerprint density at radius 3 is 2.47 bits per heavy atom. The first kappa shape index (κ1) is 13.7. The minimum absolute atomic E-state index is 0.270. The summed E-state index contributed by atoms with van der Waals surface area (Å²) in [6, 6.07) is -0.903. The van der Waals surface area contributed by atoms with Gasteiger partial charge in [0, 0.05) is 5.71 Å². The van der Waals surface area contributed by atoms with E-state index in [1.54, 1.807) is 0 Å². The minimum Gasteiger partial charge on any atom is -0.333 e. The summed E-state index contributed by atoms with van der Waals surface area (Å²) in [4.78, 5) is 22.4. The molecule has 1 atom stereocenters. The smallest absolute Gasteiger partial charge is 0.315 e. The van der Waals surface area contributed by atoms with E-state index in [4.69, 9.17) is 5.41 Å². The van der Waals surface area contributed by atoms with E-state index >= 15 is 0 Å². The Kier molecular flexibility index (Phi) is 4.26. The molecule has 0 aromatic rings. The van der Waals surface area contributed by atoms with Crippen molar-refractivity contribution >= 4 is 18.0 Å². The van der Waals surface area contributed by atoms with Crippen molar-refractivity contribution in [3.63, 3.8) is 0 Å². The molecule has 0 heterocycles. The second kappa shape index (κ2) is 5.29. The molecule has 0 radical (unpaired) electrons. The molecule has 1 fully saturated rings. The molecule has 1 aliphatic rings. The van der Waals surface area contributed by atoms with Crippen LogP contribution < -0.4 is 10.6 Å². The van der Waals surface area contributed by atoms with E-state index in [0.717, 1.165) is 19.1 Å². The number of hydrogen-bond acceptors (Lipinski definition) is 3.